The second-order valence-corrected chi connectivity index (χ2v) is 8.56. The number of carbonyl (C=O) groups excluding carboxylic acids is 3. The van der Waals surface area contributed by atoms with E-state index in [2.05, 4.69) is 9.97 Å². The fourth-order valence-electron chi connectivity index (χ4n) is 4.62. The summed E-state index contributed by atoms with van der Waals surface area (Å²) in [5.41, 5.74) is 3.43. The maximum Gasteiger partial charge on any atom is 0.266 e. The van der Waals surface area contributed by atoms with Crippen LogP contribution in [0.3, 0.4) is 0 Å². The average molecular weight is 428 g/mol. The molecule has 7 nitrogen and oxygen atoms in total. The van der Waals surface area contributed by atoms with Crippen LogP contribution in [0.1, 0.15) is 66.8 Å². The minimum absolute atomic E-state index is 0.130. The number of likely N-dealkylation sites (tertiary alicyclic amines) is 1. The van der Waals surface area contributed by atoms with Gasteiger partial charge in [0.05, 0.1) is 16.8 Å². The molecule has 1 unspecified atom stereocenters. The van der Waals surface area contributed by atoms with Crippen LogP contribution in [0.15, 0.2) is 48.8 Å². The van der Waals surface area contributed by atoms with E-state index in [1.54, 1.807) is 30.6 Å². The first-order valence-corrected chi connectivity index (χ1v) is 10.8. The molecule has 1 atom stereocenters. The minimum Gasteiger partial charge on any atom is -0.348 e. The number of fused-ring (bicyclic) bond motifs is 1. The van der Waals surface area contributed by atoms with Gasteiger partial charge in [0.25, 0.3) is 17.7 Å². The zero-order valence-electron chi connectivity index (χ0n) is 18.1. The molecule has 3 heterocycles. The number of aromatic nitrogens is 2. The molecule has 1 aromatic heterocycles. The van der Waals surface area contributed by atoms with Gasteiger partial charge in [-0.1, -0.05) is 12.1 Å². The quantitative estimate of drug-likeness (QED) is 0.642. The van der Waals surface area contributed by atoms with Gasteiger partial charge in [0.2, 0.25) is 0 Å². The first-order valence-electron chi connectivity index (χ1n) is 10.8. The van der Waals surface area contributed by atoms with Gasteiger partial charge in [-0.05, 0) is 62.1 Å². The zero-order chi connectivity index (χ0) is 22.4. The number of hydrogen-bond donors (Lipinski definition) is 1. The van der Waals surface area contributed by atoms with E-state index in [0.717, 1.165) is 29.8 Å². The third-order valence-electron chi connectivity index (χ3n) is 6.35. The first-order chi connectivity index (χ1) is 15.4. The third-order valence-corrected chi connectivity index (χ3v) is 6.35. The highest BCUT2D eigenvalue weighted by Gasteiger charge is 2.38. The Balaban J connectivity index is 1.42. The van der Waals surface area contributed by atoms with Crippen LogP contribution >= 0.6 is 0 Å². The lowest BCUT2D eigenvalue weighted by atomic mass is 9.96. The van der Waals surface area contributed by atoms with Crippen molar-refractivity contribution in [2.24, 2.45) is 0 Å². The van der Waals surface area contributed by atoms with Gasteiger partial charge >= 0.3 is 0 Å². The Labute approximate surface area is 186 Å². The van der Waals surface area contributed by atoms with Gasteiger partial charge < -0.3 is 9.88 Å². The van der Waals surface area contributed by atoms with Gasteiger partial charge in [0.15, 0.2) is 0 Å². The van der Waals surface area contributed by atoms with Gasteiger partial charge in [0, 0.05) is 37.0 Å². The van der Waals surface area contributed by atoms with Crippen molar-refractivity contribution in [2.75, 3.05) is 18.0 Å². The second kappa shape index (κ2) is 7.75. The van der Waals surface area contributed by atoms with Crippen molar-refractivity contribution < 1.29 is 14.4 Å². The highest BCUT2D eigenvalue weighted by Crippen LogP contribution is 2.32. The van der Waals surface area contributed by atoms with Gasteiger partial charge in [-0.15, -0.1) is 0 Å². The standard InChI is InChI=1S/C25H24N4O3/c1-15-5-6-16(2)21(12-15)29-24(31)19-8-7-17(13-20(19)25(29)32)23(30)28-11-3-4-18(14-28)22-26-9-10-27-22/h5-10,12-13,18H,3-4,11,14H2,1-2H3,(H,26,27). The van der Waals surface area contributed by atoms with Gasteiger partial charge in [-0.2, -0.15) is 0 Å². The summed E-state index contributed by atoms with van der Waals surface area (Å²) in [7, 11) is 0. The monoisotopic (exact) mass is 428 g/mol. The molecule has 3 amide bonds. The summed E-state index contributed by atoms with van der Waals surface area (Å²) in [5.74, 6) is 0.185. The second-order valence-electron chi connectivity index (χ2n) is 8.56. The summed E-state index contributed by atoms with van der Waals surface area (Å²) < 4.78 is 0. The molecule has 0 bridgehead atoms. The molecule has 162 valence electrons. The maximum absolute atomic E-state index is 13.2. The summed E-state index contributed by atoms with van der Waals surface area (Å²) in [4.78, 5) is 50.0. The summed E-state index contributed by atoms with van der Waals surface area (Å²) in [6.45, 7) is 5.03. The Morgan fingerprint density at radius 2 is 1.88 bits per heavy atom. The Kier molecular flexibility index (Phi) is 4.89. The minimum atomic E-state index is -0.388. The molecule has 32 heavy (non-hydrogen) atoms. The van der Waals surface area contributed by atoms with E-state index >= 15 is 0 Å². The lowest BCUT2D eigenvalue weighted by Gasteiger charge is -2.32. The number of imidazole rings is 1. The molecule has 1 N–H and O–H groups in total. The van der Waals surface area contributed by atoms with Crippen molar-refractivity contribution in [2.45, 2.75) is 32.6 Å². The van der Waals surface area contributed by atoms with Crippen LogP contribution in [0.5, 0.6) is 0 Å². The number of nitrogens with one attached hydrogen (secondary N) is 1. The Morgan fingerprint density at radius 1 is 1.06 bits per heavy atom. The Bertz CT molecular complexity index is 1230. The molecule has 5 rings (SSSR count). The number of H-pyrrole nitrogens is 1. The third kappa shape index (κ3) is 3.30. The lowest BCUT2D eigenvalue weighted by molar-refractivity contribution is 0.0704. The molecule has 2 aliphatic heterocycles. The Hall–Kier alpha value is -3.74. The number of rotatable bonds is 3. The first kappa shape index (κ1) is 20.2. The van der Waals surface area contributed by atoms with Crippen molar-refractivity contribution >= 4 is 23.4 Å². The predicted molar refractivity (Wildman–Crippen MR) is 120 cm³/mol. The Morgan fingerprint density at radius 3 is 2.66 bits per heavy atom. The molecule has 3 aromatic rings. The van der Waals surface area contributed by atoms with E-state index in [9.17, 15) is 14.4 Å². The van der Waals surface area contributed by atoms with Crippen LogP contribution in [0.25, 0.3) is 0 Å². The van der Waals surface area contributed by atoms with Crippen molar-refractivity contribution in [3.05, 3.63) is 82.4 Å². The highest BCUT2D eigenvalue weighted by molar-refractivity contribution is 6.35. The predicted octanol–water partition coefficient (Wildman–Crippen LogP) is 3.85. The largest absolute Gasteiger partial charge is 0.348 e. The van der Waals surface area contributed by atoms with Crippen LogP contribution in [0, 0.1) is 13.8 Å². The smallest absolute Gasteiger partial charge is 0.266 e. The van der Waals surface area contributed by atoms with E-state index in [0.29, 0.717) is 29.9 Å². The van der Waals surface area contributed by atoms with Gasteiger partial charge in [-0.25, -0.2) is 9.88 Å². The molecule has 0 aliphatic carbocycles. The number of piperidine rings is 1. The average Bonchev–Trinajstić information content (AvgIpc) is 3.43. The van der Waals surface area contributed by atoms with Crippen LogP contribution < -0.4 is 4.90 Å². The van der Waals surface area contributed by atoms with Gasteiger partial charge in [-0.3, -0.25) is 14.4 Å². The molecular formula is C25H24N4O3. The molecule has 2 aliphatic rings. The summed E-state index contributed by atoms with van der Waals surface area (Å²) in [6, 6.07) is 10.5. The maximum atomic E-state index is 13.2. The normalized spacial score (nSPS) is 18.2. The van der Waals surface area contributed by atoms with E-state index in [1.807, 2.05) is 36.9 Å². The number of benzene rings is 2. The van der Waals surface area contributed by atoms with Crippen LogP contribution in [-0.4, -0.2) is 45.7 Å². The number of carbonyl (C=O) groups is 3. The van der Waals surface area contributed by atoms with Crippen LogP contribution in [0.2, 0.25) is 0 Å². The molecule has 0 spiro atoms. The molecular weight excluding hydrogens is 404 g/mol. The van der Waals surface area contributed by atoms with E-state index in [4.69, 9.17) is 0 Å². The fourth-order valence-corrected chi connectivity index (χ4v) is 4.62. The topological polar surface area (TPSA) is 86.4 Å². The van der Waals surface area contributed by atoms with Crippen molar-refractivity contribution in [1.82, 2.24) is 14.9 Å². The summed E-state index contributed by atoms with van der Waals surface area (Å²) in [5, 5.41) is 0. The number of nitrogens with zero attached hydrogens (tertiary/aromatic N) is 3. The SMILES string of the molecule is Cc1ccc(C)c(N2C(=O)c3ccc(C(=O)N4CCCC(c5ncc[nH]5)C4)cc3C2=O)c1. The summed E-state index contributed by atoms with van der Waals surface area (Å²) in [6.07, 6.45) is 5.38. The van der Waals surface area contributed by atoms with Crippen molar-refractivity contribution in [3.63, 3.8) is 0 Å². The van der Waals surface area contributed by atoms with Crippen LogP contribution in [0.4, 0.5) is 5.69 Å². The van der Waals surface area contributed by atoms with Crippen LogP contribution in [-0.2, 0) is 0 Å². The highest BCUT2D eigenvalue weighted by atomic mass is 16.2. The van der Waals surface area contributed by atoms with E-state index in [1.165, 1.54) is 4.90 Å². The number of aryl methyl sites for hydroxylation is 2. The van der Waals surface area contributed by atoms with Gasteiger partial charge in [0.1, 0.15) is 5.82 Å². The number of imide groups is 1. The molecule has 0 saturated carbocycles. The molecule has 1 fully saturated rings. The number of aromatic amines is 1. The van der Waals surface area contributed by atoms with Crippen molar-refractivity contribution in [1.29, 1.82) is 0 Å². The van der Waals surface area contributed by atoms with E-state index < -0.39 is 0 Å². The molecule has 2 aromatic carbocycles. The molecule has 0 radical (unpaired) electrons. The molecule has 7 heteroatoms. The zero-order valence-corrected chi connectivity index (χ0v) is 18.1. The fraction of sp³-hybridized carbons (Fsp3) is 0.280. The number of anilines is 1. The number of amides is 3. The molecule has 1 saturated heterocycles. The summed E-state index contributed by atoms with van der Waals surface area (Å²) >= 11 is 0. The van der Waals surface area contributed by atoms with E-state index in [-0.39, 0.29) is 29.2 Å². The number of hydrogen-bond acceptors (Lipinski definition) is 4. The van der Waals surface area contributed by atoms with Crippen molar-refractivity contribution in [3.8, 4) is 0 Å². The lowest BCUT2D eigenvalue weighted by Crippen LogP contribution is -2.39.